The number of thiocarbonyl (C=S) groups is 2. The minimum absolute atomic E-state index is 0. The zero-order chi connectivity index (χ0) is 22.7. The molecule has 0 saturated carbocycles. The molecule has 0 amide bonds. The van der Waals surface area contributed by atoms with Gasteiger partial charge in [0.2, 0.25) is 22.4 Å². The standard InChI is InChI=1S/C18H14N2O6S4.2Na/c1-19(11-27)15-7-5-13(17(9-15)29(21,22)23)3-4-14-6-8-16(20(2)12-28)10-18(14)30(24,25)26;;/h3-12H,1-2H2;;/q;2*+1/b4-3+;;. The molecule has 0 unspecified atom stereocenters. The summed E-state index contributed by atoms with van der Waals surface area (Å²) in [6, 6.07) is 7.78. The summed E-state index contributed by atoms with van der Waals surface area (Å²) >= 11 is 9.44. The van der Waals surface area contributed by atoms with E-state index in [2.05, 4.69) is 13.4 Å². The molecule has 0 heterocycles. The maximum atomic E-state index is 11.7. The van der Waals surface area contributed by atoms with Crippen molar-refractivity contribution in [3.8, 4) is 0 Å². The van der Waals surface area contributed by atoms with Crippen molar-refractivity contribution in [2.24, 2.45) is 0 Å². The molecule has 0 spiro atoms. The molecule has 0 aliphatic rings. The van der Waals surface area contributed by atoms with Crippen LogP contribution < -0.4 is 59.1 Å². The molecule has 0 radical (unpaired) electrons. The van der Waals surface area contributed by atoms with Crippen LogP contribution in [-0.2, 0) is 20.2 Å². The first-order chi connectivity index (χ1) is 13.9. The number of hydrogen-bond donors (Lipinski definition) is 0. The van der Waals surface area contributed by atoms with E-state index in [9.17, 15) is 25.9 Å². The van der Waals surface area contributed by atoms with E-state index >= 15 is 0 Å². The van der Waals surface area contributed by atoms with Crippen LogP contribution in [0.1, 0.15) is 11.1 Å². The molecule has 0 fully saturated rings. The second-order valence-corrected chi connectivity index (χ2v) is 8.95. The molecule has 156 valence electrons. The van der Waals surface area contributed by atoms with Crippen LogP contribution in [0.2, 0.25) is 0 Å². The second kappa shape index (κ2) is 12.8. The van der Waals surface area contributed by atoms with Crippen LogP contribution in [0.4, 0.5) is 11.4 Å². The van der Waals surface area contributed by atoms with Crippen molar-refractivity contribution >= 4 is 92.6 Å². The summed E-state index contributed by atoms with van der Waals surface area (Å²) in [5.41, 5.74) is 2.82. The maximum Gasteiger partial charge on any atom is 1.00 e. The molecule has 0 aromatic heterocycles. The molecule has 0 saturated heterocycles. The Kier molecular flexibility index (Phi) is 12.6. The quantitative estimate of drug-likeness (QED) is 0.0857. The summed E-state index contributed by atoms with van der Waals surface area (Å²) in [5.74, 6) is 0. The van der Waals surface area contributed by atoms with Crippen molar-refractivity contribution in [1.82, 2.24) is 0 Å². The fourth-order valence-corrected chi connectivity index (χ4v) is 4.04. The average molecular weight is 529 g/mol. The van der Waals surface area contributed by atoms with Gasteiger partial charge in [-0.05, 0) is 47.7 Å². The van der Waals surface area contributed by atoms with Gasteiger partial charge < -0.3 is 9.11 Å². The average Bonchev–Trinajstić information content (AvgIpc) is 2.69. The third-order valence-electron chi connectivity index (χ3n) is 3.89. The molecule has 2 aromatic carbocycles. The Morgan fingerprint density at radius 1 is 0.719 bits per heavy atom. The van der Waals surface area contributed by atoms with E-state index in [1.165, 1.54) is 45.6 Å². The molecule has 32 heavy (non-hydrogen) atoms. The van der Waals surface area contributed by atoms with Crippen LogP contribution in [0.25, 0.3) is 12.2 Å². The Bertz CT molecular complexity index is 1220. The minimum Gasteiger partial charge on any atom is -0.744 e. The molecule has 2 aromatic rings. The van der Waals surface area contributed by atoms with Crippen LogP contribution in [0, 0.1) is 0 Å². The monoisotopic (exact) mass is 528 g/mol. The maximum absolute atomic E-state index is 11.7. The van der Waals surface area contributed by atoms with Gasteiger partial charge in [0.25, 0.3) is 0 Å². The van der Waals surface area contributed by atoms with E-state index in [4.69, 9.17) is 24.4 Å². The first-order valence-corrected chi connectivity index (χ1v) is 11.6. The number of benzene rings is 2. The van der Waals surface area contributed by atoms with Crippen molar-refractivity contribution < 1.29 is 94.2 Å². The van der Waals surface area contributed by atoms with Gasteiger partial charge in [-0.3, -0.25) is 0 Å². The predicted molar refractivity (Wildman–Crippen MR) is 119 cm³/mol. The molecular weight excluding hydrogens is 514 g/mol. The van der Waals surface area contributed by atoms with Crippen molar-refractivity contribution in [3.63, 3.8) is 0 Å². The van der Waals surface area contributed by atoms with E-state index in [0.717, 1.165) is 23.1 Å². The minimum atomic E-state index is -4.88. The SMILES string of the molecule is C=[N+](C=S)c1ccc(/C=C/c2ccc([N+](=C)C=S)cc2S(=O)(=O)[O-])c(S(=O)(=O)[O-])c1.[Na+].[Na+]. The topological polar surface area (TPSA) is 120 Å². The molecule has 0 atom stereocenters. The predicted octanol–water partition coefficient (Wildman–Crippen LogP) is -3.72. The van der Waals surface area contributed by atoms with Gasteiger partial charge >= 0.3 is 59.1 Å². The number of rotatable bonds is 8. The summed E-state index contributed by atoms with van der Waals surface area (Å²) in [6.07, 6.45) is 2.43. The Hall–Kier alpha value is -0.480. The van der Waals surface area contributed by atoms with E-state index in [-0.39, 0.29) is 81.6 Å². The summed E-state index contributed by atoms with van der Waals surface area (Å²) in [7, 11) is -9.75. The molecule has 0 aliphatic heterocycles. The molecule has 8 nitrogen and oxygen atoms in total. The largest absolute Gasteiger partial charge is 1.00 e. The molecule has 0 bridgehead atoms. The van der Waals surface area contributed by atoms with Crippen LogP contribution in [-0.4, -0.2) is 59.5 Å². The van der Waals surface area contributed by atoms with E-state index in [1.54, 1.807) is 0 Å². The van der Waals surface area contributed by atoms with Crippen LogP contribution in [0.3, 0.4) is 0 Å². The van der Waals surface area contributed by atoms with Crippen LogP contribution in [0.5, 0.6) is 0 Å². The fraction of sp³-hybridized carbons (Fsp3) is 0. The smallest absolute Gasteiger partial charge is 0.744 e. The summed E-state index contributed by atoms with van der Waals surface area (Å²) in [6.45, 7) is 7.16. The van der Waals surface area contributed by atoms with Gasteiger partial charge in [0.05, 0.1) is 9.79 Å². The van der Waals surface area contributed by atoms with E-state index in [0.29, 0.717) is 0 Å². The summed E-state index contributed by atoms with van der Waals surface area (Å²) in [5, 5.41) is 0. The van der Waals surface area contributed by atoms with Gasteiger partial charge in [-0.2, -0.15) is 9.15 Å². The van der Waals surface area contributed by atoms with E-state index in [1.807, 2.05) is 0 Å². The first-order valence-electron chi connectivity index (χ1n) is 7.86. The Labute approximate surface area is 241 Å². The van der Waals surface area contributed by atoms with Crippen molar-refractivity contribution in [2.75, 3.05) is 0 Å². The van der Waals surface area contributed by atoms with Gasteiger partial charge in [0, 0.05) is 24.3 Å². The van der Waals surface area contributed by atoms with Gasteiger partial charge in [-0.15, -0.1) is 0 Å². The van der Waals surface area contributed by atoms with E-state index < -0.39 is 30.0 Å². The third-order valence-corrected chi connectivity index (χ3v) is 6.19. The Morgan fingerprint density at radius 2 is 1.03 bits per heavy atom. The molecule has 0 N–H and O–H groups in total. The van der Waals surface area contributed by atoms with Gasteiger partial charge in [-0.25, -0.2) is 16.8 Å². The molecular formula is C18H14N2Na2O6S4+2. The molecule has 0 aliphatic carbocycles. The zero-order valence-electron chi connectivity index (χ0n) is 17.2. The number of nitrogens with zero attached hydrogens (tertiary/aromatic N) is 2. The fourth-order valence-electron chi connectivity index (χ4n) is 2.41. The third kappa shape index (κ3) is 8.08. The van der Waals surface area contributed by atoms with Gasteiger partial charge in [0.1, 0.15) is 33.7 Å². The Morgan fingerprint density at radius 3 is 1.28 bits per heavy atom. The number of hydrogen-bond acceptors (Lipinski definition) is 8. The van der Waals surface area contributed by atoms with Crippen LogP contribution >= 0.6 is 24.4 Å². The second-order valence-electron chi connectivity index (χ2n) is 5.84. The first kappa shape index (κ1) is 31.5. The van der Waals surface area contributed by atoms with Crippen molar-refractivity contribution in [2.45, 2.75) is 9.79 Å². The summed E-state index contributed by atoms with van der Waals surface area (Å²) in [4.78, 5) is -1.12. The Balaban J connectivity index is 0.00000480. The zero-order valence-corrected chi connectivity index (χ0v) is 24.4. The van der Waals surface area contributed by atoms with Gasteiger partial charge in [0.15, 0.2) is 0 Å². The molecule has 2 rings (SSSR count). The normalized spacial score (nSPS) is 11.2. The van der Waals surface area contributed by atoms with Crippen LogP contribution in [0.15, 0.2) is 46.2 Å². The summed E-state index contributed by atoms with van der Waals surface area (Å²) < 4.78 is 72.4. The molecule has 14 heteroatoms. The van der Waals surface area contributed by atoms with Crippen molar-refractivity contribution in [3.05, 3.63) is 47.5 Å². The van der Waals surface area contributed by atoms with Crippen molar-refractivity contribution in [1.29, 1.82) is 0 Å². The van der Waals surface area contributed by atoms with Gasteiger partial charge in [-0.1, -0.05) is 12.2 Å².